The van der Waals surface area contributed by atoms with E-state index in [4.69, 9.17) is 11.6 Å². The molecule has 0 radical (unpaired) electrons. The molecule has 2 aromatic heterocycles. The second-order valence-corrected chi connectivity index (χ2v) is 2.76. The van der Waals surface area contributed by atoms with Crippen molar-refractivity contribution in [2.75, 3.05) is 0 Å². The van der Waals surface area contributed by atoms with Gasteiger partial charge in [0.1, 0.15) is 0 Å². The second-order valence-electron chi connectivity index (χ2n) is 2.35. The highest BCUT2D eigenvalue weighted by molar-refractivity contribution is 6.35. The van der Waals surface area contributed by atoms with Crippen LogP contribution < -0.4 is 0 Å². The molecule has 0 aromatic carbocycles. The Labute approximate surface area is 82.1 Å². The number of nitrogens with zero attached hydrogens (tertiary/aromatic N) is 2. The number of hydrogen-bond acceptors (Lipinski definition) is 2. The van der Waals surface area contributed by atoms with Gasteiger partial charge in [-0.15, -0.1) is 0 Å². The van der Waals surface area contributed by atoms with Crippen LogP contribution in [0.15, 0.2) is 12.4 Å². The zero-order chi connectivity index (χ0) is 9.84. The van der Waals surface area contributed by atoms with Gasteiger partial charge < -0.3 is 0 Å². The molecule has 13 heavy (non-hydrogen) atoms. The third kappa shape index (κ3) is 1.80. The lowest BCUT2D eigenvalue weighted by Gasteiger charge is -1.94. The van der Waals surface area contributed by atoms with Gasteiger partial charge >= 0.3 is 0 Å². The van der Waals surface area contributed by atoms with E-state index in [1.54, 1.807) is 12.4 Å². The van der Waals surface area contributed by atoms with E-state index >= 15 is 0 Å². The molecule has 4 heteroatoms. The normalized spacial score (nSPS) is 9.54. The fourth-order valence-electron chi connectivity index (χ4n) is 1.03. The van der Waals surface area contributed by atoms with Gasteiger partial charge in [0.2, 0.25) is 0 Å². The standard InChI is InChI=1S/C7H6ClN3.C2H6/c1-4-7-5(2-10-11-7)6(8)3-9-4;1-2/h2-3H,1H3,(H,10,11);1-2H3. The molecule has 0 spiro atoms. The minimum absolute atomic E-state index is 0.638. The minimum atomic E-state index is 0.638. The van der Waals surface area contributed by atoms with Crippen LogP contribution in [0.3, 0.4) is 0 Å². The van der Waals surface area contributed by atoms with Crippen LogP contribution in [0.25, 0.3) is 10.9 Å². The average molecular weight is 198 g/mol. The molecule has 0 aliphatic carbocycles. The predicted octanol–water partition coefficient (Wildman–Crippen LogP) is 2.95. The smallest absolute Gasteiger partial charge is 0.0877 e. The molecule has 0 aliphatic heterocycles. The van der Waals surface area contributed by atoms with E-state index in [0.717, 1.165) is 16.6 Å². The van der Waals surface area contributed by atoms with Crippen LogP contribution in [0, 0.1) is 6.92 Å². The lowest BCUT2D eigenvalue weighted by molar-refractivity contribution is 1.10. The molecule has 2 aromatic rings. The molecule has 0 saturated carbocycles. The lowest BCUT2D eigenvalue weighted by atomic mass is 10.3. The first-order chi connectivity index (χ1) is 6.29. The molecule has 0 atom stereocenters. The van der Waals surface area contributed by atoms with Gasteiger partial charge in [-0.05, 0) is 6.92 Å². The van der Waals surface area contributed by atoms with E-state index in [1.165, 1.54) is 0 Å². The van der Waals surface area contributed by atoms with Gasteiger partial charge in [0, 0.05) is 11.6 Å². The Balaban J connectivity index is 0.000000396. The monoisotopic (exact) mass is 197 g/mol. The Kier molecular flexibility index (Phi) is 3.25. The van der Waals surface area contributed by atoms with Crippen molar-refractivity contribution in [3.8, 4) is 0 Å². The number of nitrogens with one attached hydrogen (secondary N) is 1. The number of pyridine rings is 1. The lowest BCUT2D eigenvalue weighted by Crippen LogP contribution is -1.82. The molecule has 70 valence electrons. The first kappa shape index (κ1) is 9.99. The van der Waals surface area contributed by atoms with Crippen LogP contribution in [-0.4, -0.2) is 15.2 Å². The van der Waals surface area contributed by atoms with Crippen molar-refractivity contribution in [3.63, 3.8) is 0 Å². The first-order valence-corrected chi connectivity index (χ1v) is 4.61. The zero-order valence-electron chi connectivity index (χ0n) is 7.93. The van der Waals surface area contributed by atoms with Crippen molar-refractivity contribution in [1.82, 2.24) is 15.2 Å². The third-order valence-corrected chi connectivity index (χ3v) is 1.93. The summed E-state index contributed by atoms with van der Waals surface area (Å²) >= 11 is 5.85. The number of aryl methyl sites for hydroxylation is 1. The molecule has 0 saturated heterocycles. The summed E-state index contributed by atoms with van der Waals surface area (Å²) in [6.07, 6.45) is 3.33. The molecule has 0 fully saturated rings. The number of hydrogen-bond donors (Lipinski definition) is 1. The van der Waals surface area contributed by atoms with Gasteiger partial charge in [0.15, 0.2) is 0 Å². The topological polar surface area (TPSA) is 41.6 Å². The molecule has 0 aliphatic rings. The molecule has 0 amide bonds. The molecular weight excluding hydrogens is 186 g/mol. The molecule has 0 unspecified atom stereocenters. The Morgan fingerprint density at radius 3 is 2.62 bits per heavy atom. The maximum Gasteiger partial charge on any atom is 0.0877 e. The summed E-state index contributed by atoms with van der Waals surface area (Å²) in [5.41, 5.74) is 1.83. The van der Waals surface area contributed by atoms with Crippen LogP contribution >= 0.6 is 11.6 Å². The van der Waals surface area contributed by atoms with Crippen LogP contribution in [-0.2, 0) is 0 Å². The number of aromatic amines is 1. The van der Waals surface area contributed by atoms with Crippen LogP contribution in [0.5, 0.6) is 0 Å². The van der Waals surface area contributed by atoms with Gasteiger partial charge in [0.25, 0.3) is 0 Å². The van der Waals surface area contributed by atoms with Gasteiger partial charge in [-0.1, -0.05) is 25.4 Å². The quantitative estimate of drug-likeness (QED) is 0.706. The van der Waals surface area contributed by atoms with E-state index in [-0.39, 0.29) is 0 Å². The molecule has 0 bridgehead atoms. The molecule has 2 heterocycles. The molecule has 1 N–H and O–H groups in total. The predicted molar refractivity (Wildman–Crippen MR) is 55.0 cm³/mol. The second kappa shape index (κ2) is 4.23. The summed E-state index contributed by atoms with van der Waals surface area (Å²) in [4.78, 5) is 4.08. The average Bonchev–Trinajstić information content (AvgIpc) is 2.64. The highest BCUT2D eigenvalue weighted by atomic mass is 35.5. The van der Waals surface area contributed by atoms with Crippen molar-refractivity contribution in [2.24, 2.45) is 0 Å². The summed E-state index contributed by atoms with van der Waals surface area (Å²) in [6, 6.07) is 0. The highest BCUT2D eigenvalue weighted by Gasteiger charge is 2.03. The maximum atomic E-state index is 5.85. The Morgan fingerprint density at radius 2 is 2.00 bits per heavy atom. The van der Waals surface area contributed by atoms with E-state index in [9.17, 15) is 0 Å². The maximum absolute atomic E-state index is 5.85. The van der Waals surface area contributed by atoms with Crippen molar-refractivity contribution >= 4 is 22.5 Å². The molecular formula is C9H12ClN3. The summed E-state index contributed by atoms with van der Waals surface area (Å²) < 4.78 is 0. The summed E-state index contributed by atoms with van der Waals surface area (Å²) in [5, 5.41) is 8.27. The Hall–Kier alpha value is -1.09. The SMILES string of the molecule is CC.Cc1ncc(Cl)c2cn[nH]c12. The van der Waals surface area contributed by atoms with Crippen LogP contribution in [0.1, 0.15) is 19.5 Å². The van der Waals surface area contributed by atoms with Crippen molar-refractivity contribution in [2.45, 2.75) is 20.8 Å². The summed E-state index contributed by atoms with van der Waals surface area (Å²) in [5.74, 6) is 0. The Bertz CT molecular complexity index is 359. The van der Waals surface area contributed by atoms with E-state index < -0.39 is 0 Å². The first-order valence-electron chi connectivity index (χ1n) is 4.23. The summed E-state index contributed by atoms with van der Waals surface area (Å²) in [6.45, 7) is 5.91. The molecule has 3 nitrogen and oxygen atoms in total. The van der Waals surface area contributed by atoms with Gasteiger partial charge in [-0.25, -0.2) is 0 Å². The number of halogens is 1. The molecule has 2 rings (SSSR count). The van der Waals surface area contributed by atoms with Crippen molar-refractivity contribution in [1.29, 1.82) is 0 Å². The summed E-state index contributed by atoms with van der Waals surface area (Å²) in [7, 11) is 0. The third-order valence-electron chi connectivity index (χ3n) is 1.63. The fraction of sp³-hybridized carbons (Fsp3) is 0.333. The van der Waals surface area contributed by atoms with Crippen molar-refractivity contribution < 1.29 is 0 Å². The highest BCUT2D eigenvalue weighted by Crippen LogP contribution is 2.21. The number of fused-ring (bicyclic) bond motifs is 1. The van der Waals surface area contributed by atoms with E-state index in [2.05, 4.69) is 15.2 Å². The van der Waals surface area contributed by atoms with Gasteiger partial charge in [-0.2, -0.15) is 5.10 Å². The van der Waals surface area contributed by atoms with Crippen LogP contribution in [0.4, 0.5) is 0 Å². The van der Waals surface area contributed by atoms with E-state index in [1.807, 2.05) is 20.8 Å². The fourth-order valence-corrected chi connectivity index (χ4v) is 1.22. The Morgan fingerprint density at radius 1 is 1.31 bits per heavy atom. The van der Waals surface area contributed by atoms with Gasteiger partial charge in [0.05, 0.1) is 22.4 Å². The number of H-pyrrole nitrogens is 1. The number of rotatable bonds is 0. The largest absolute Gasteiger partial charge is 0.276 e. The van der Waals surface area contributed by atoms with Crippen LogP contribution in [0.2, 0.25) is 5.02 Å². The van der Waals surface area contributed by atoms with Crippen molar-refractivity contribution in [3.05, 3.63) is 23.1 Å². The number of aromatic nitrogens is 3. The minimum Gasteiger partial charge on any atom is -0.276 e. The van der Waals surface area contributed by atoms with Gasteiger partial charge in [-0.3, -0.25) is 10.1 Å². The zero-order valence-corrected chi connectivity index (χ0v) is 8.68. The van der Waals surface area contributed by atoms with E-state index in [0.29, 0.717) is 5.02 Å².